The van der Waals surface area contributed by atoms with Crippen molar-refractivity contribution in [1.82, 2.24) is 16.2 Å². The molecule has 1 heterocycles. The average molecular weight is 301 g/mol. The summed E-state index contributed by atoms with van der Waals surface area (Å²) in [5, 5.41) is 2.32. The third-order valence-corrected chi connectivity index (χ3v) is 3.71. The highest BCUT2D eigenvalue weighted by molar-refractivity contribution is 6.03. The number of amides is 2. The summed E-state index contributed by atoms with van der Waals surface area (Å²) in [7, 11) is 0. The number of imide groups is 1. The normalized spacial score (nSPS) is 19.6. The molecule has 0 aliphatic carbocycles. The van der Waals surface area contributed by atoms with E-state index in [1.54, 1.807) is 0 Å². The van der Waals surface area contributed by atoms with Crippen LogP contribution in [0.5, 0.6) is 0 Å². The molecule has 3 N–H and O–H groups in total. The highest BCUT2D eigenvalue weighted by atomic mass is 16.2. The van der Waals surface area contributed by atoms with Gasteiger partial charge in [0.25, 0.3) is 0 Å². The van der Waals surface area contributed by atoms with E-state index in [2.05, 4.69) is 35.2 Å². The first-order valence-electron chi connectivity index (χ1n) is 7.69. The second-order valence-corrected chi connectivity index (χ2v) is 5.51. The van der Waals surface area contributed by atoms with Crippen LogP contribution in [-0.2, 0) is 9.59 Å². The van der Waals surface area contributed by atoms with Crippen LogP contribution in [0.3, 0.4) is 0 Å². The van der Waals surface area contributed by atoms with Crippen LogP contribution in [0.25, 0.3) is 0 Å². The Balaban J connectivity index is 1.56. The van der Waals surface area contributed by atoms with Crippen LogP contribution in [0.1, 0.15) is 37.8 Å². The van der Waals surface area contributed by atoms with Crippen molar-refractivity contribution in [1.29, 1.82) is 0 Å². The van der Waals surface area contributed by atoms with Crippen molar-refractivity contribution in [2.75, 3.05) is 6.54 Å². The largest absolute Gasteiger partial charge is 0.296 e. The highest BCUT2D eigenvalue weighted by Crippen LogP contribution is 2.15. The maximum atomic E-state index is 11.4. The Bertz CT molecular complexity index is 528. The summed E-state index contributed by atoms with van der Waals surface area (Å²) in [5.41, 5.74) is 7.68. The summed E-state index contributed by atoms with van der Waals surface area (Å²) >= 11 is 0. The second kappa shape index (κ2) is 8.46. The lowest BCUT2D eigenvalue weighted by molar-refractivity contribution is -0.125. The molecule has 0 aromatic heterocycles. The van der Waals surface area contributed by atoms with Gasteiger partial charge in [-0.05, 0) is 25.3 Å². The fourth-order valence-electron chi connectivity index (χ4n) is 2.38. The minimum Gasteiger partial charge on any atom is -0.296 e. The molecule has 0 saturated carbocycles. The third-order valence-electron chi connectivity index (χ3n) is 3.71. The summed E-state index contributed by atoms with van der Waals surface area (Å²) in [6.07, 6.45) is 5.84. The molecule has 22 heavy (non-hydrogen) atoms. The van der Waals surface area contributed by atoms with Gasteiger partial charge in [0.15, 0.2) is 0 Å². The van der Waals surface area contributed by atoms with Gasteiger partial charge in [-0.25, -0.2) is 0 Å². The molecule has 2 unspecified atom stereocenters. The average Bonchev–Trinajstić information content (AvgIpc) is 2.84. The maximum absolute atomic E-state index is 11.4. The van der Waals surface area contributed by atoms with E-state index in [1.165, 1.54) is 5.56 Å². The summed E-state index contributed by atoms with van der Waals surface area (Å²) in [5.74, 6) is -0.497. The molecule has 1 aliphatic rings. The fraction of sp³-hybridized carbons (Fsp3) is 0.412. The molecular weight excluding hydrogens is 278 g/mol. The van der Waals surface area contributed by atoms with Gasteiger partial charge in [0, 0.05) is 19.0 Å². The van der Waals surface area contributed by atoms with Gasteiger partial charge in [0.2, 0.25) is 11.8 Å². The molecule has 1 aliphatic heterocycles. The van der Waals surface area contributed by atoms with Gasteiger partial charge >= 0.3 is 0 Å². The first-order valence-corrected chi connectivity index (χ1v) is 7.69. The number of carbonyl (C=O) groups is 2. The van der Waals surface area contributed by atoms with Gasteiger partial charge in [0.1, 0.15) is 0 Å². The zero-order chi connectivity index (χ0) is 15.8. The molecule has 2 rings (SSSR count). The van der Waals surface area contributed by atoms with Crippen molar-refractivity contribution >= 4 is 11.8 Å². The van der Waals surface area contributed by atoms with E-state index in [4.69, 9.17) is 0 Å². The summed E-state index contributed by atoms with van der Waals surface area (Å²) in [4.78, 5) is 22.4. The Morgan fingerprint density at radius 3 is 2.73 bits per heavy atom. The van der Waals surface area contributed by atoms with Crippen LogP contribution >= 0.6 is 0 Å². The van der Waals surface area contributed by atoms with Crippen molar-refractivity contribution in [2.45, 2.75) is 32.2 Å². The van der Waals surface area contributed by atoms with Crippen molar-refractivity contribution < 1.29 is 9.59 Å². The van der Waals surface area contributed by atoms with Crippen molar-refractivity contribution in [3.8, 4) is 0 Å². The Morgan fingerprint density at radius 1 is 1.27 bits per heavy atom. The van der Waals surface area contributed by atoms with Crippen molar-refractivity contribution in [3.05, 3.63) is 48.0 Å². The number of allylic oxidation sites excluding steroid dienone is 1. The minimum absolute atomic E-state index is 0.147. The van der Waals surface area contributed by atoms with Gasteiger partial charge in [0.05, 0.1) is 5.92 Å². The van der Waals surface area contributed by atoms with Crippen LogP contribution in [0, 0.1) is 5.92 Å². The number of nitrogens with one attached hydrogen (secondary N) is 3. The molecular formula is C17H23N3O2. The lowest BCUT2D eigenvalue weighted by Gasteiger charge is -2.14. The molecule has 5 nitrogen and oxygen atoms in total. The monoisotopic (exact) mass is 301 g/mol. The lowest BCUT2D eigenvalue weighted by Crippen LogP contribution is -2.34. The van der Waals surface area contributed by atoms with Crippen molar-refractivity contribution in [3.63, 3.8) is 0 Å². The van der Waals surface area contributed by atoms with Gasteiger partial charge in [-0.1, -0.05) is 42.5 Å². The van der Waals surface area contributed by atoms with E-state index in [0.717, 1.165) is 13.0 Å². The molecule has 2 amide bonds. The van der Waals surface area contributed by atoms with Crippen LogP contribution in [0.15, 0.2) is 42.5 Å². The third kappa shape index (κ3) is 5.09. The van der Waals surface area contributed by atoms with Gasteiger partial charge in [-0.3, -0.25) is 25.8 Å². The number of hydrogen-bond donors (Lipinski definition) is 3. The molecule has 5 heteroatoms. The van der Waals surface area contributed by atoms with Crippen molar-refractivity contribution in [2.24, 2.45) is 5.92 Å². The van der Waals surface area contributed by atoms with E-state index >= 15 is 0 Å². The lowest BCUT2D eigenvalue weighted by atomic mass is 10.0. The highest BCUT2D eigenvalue weighted by Gasteiger charge is 2.28. The molecule has 2 atom stereocenters. The summed E-state index contributed by atoms with van der Waals surface area (Å²) in [6, 6.07) is 10.5. The topological polar surface area (TPSA) is 70.2 Å². The summed E-state index contributed by atoms with van der Waals surface area (Å²) < 4.78 is 0. The minimum atomic E-state index is -0.187. The Labute approximate surface area is 131 Å². The summed E-state index contributed by atoms with van der Waals surface area (Å²) in [6.45, 7) is 2.91. The van der Waals surface area contributed by atoms with E-state index in [1.807, 2.05) is 30.4 Å². The SMILES string of the molecule is CC(NNCC/C=C/CC1CC(=O)NC1=O)c1ccccc1. The van der Waals surface area contributed by atoms with E-state index < -0.39 is 0 Å². The first-order chi connectivity index (χ1) is 10.7. The molecule has 1 saturated heterocycles. The van der Waals surface area contributed by atoms with Crippen LogP contribution < -0.4 is 16.2 Å². The quantitative estimate of drug-likeness (QED) is 0.296. The van der Waals surface area contributed by atoms with E-state index in [-0.39, 0.29) is 23.8 Å². The Hall–Kier alpha value is -1.98. The van der Waals surface area contributed by atoms with Crippen LogP contribution in [-0.4, -0.2) is 18.4 Å². The standard InChI is InChI=1S/C17H23N3O2/c1-13(14-8-4-2-5-9-14)20-18-11-7-3-6-10-15-12-16(21)19-17(15)22/h2-6,8-9,13,15,18,20H,7,10-12H2,1H3,(H,19,21,22)/b6-3+. The number of carbonyl (C=O) groups excluding carboxylic acids is 2. The predicted molar refractivity (Wildman–Crippen MR) is 85.6 cm³/mol. The van der Waals surface area contributed by atoms with E-state index in [0.29, 0.717) is 12.8 Å². The molecule has 0 spiro atoms. The molecule has 0 bridgehead atoms. The number of hydrogen-bond acceptors (Lipinski definition) is 4. The van der Waals surface area contributed by atoms with E-state index in [9.17, 15) is 9.59 Å². The zero-order valence-electron chi connectivity index (χ0n) is 12.8. The number of benzene rings is 1. The Kier molecular flexibility index (Phi) is 6.30. The first kappa shape index (κ1) is 16.4. The smallest absolute Gasteiger partial charge is 0.230 e. The molecule has 1 aromatic carbocycles. The van der Waals surface area contributed by atoms with Crippen LogP contribution in [0.2, 0.25) is 0 Å². The maximum Gasteiger partial charge on any atom is 0.230 e. The Morgan fingerprint density at radius 2 is 2.05 bits per heavy atom. The fourth-order valence-corrected chi connectivity index (χ4v) is 2.38. The molecule has 1 aromatic rings. The number of rotatable bonds is 8. The van der Waals surface area contributed by atoms with Gasteiger partial charge in [-0.15, -0.1) is 0 Å². The molecule has 0 radical (unpaired) electrons. The molecule has 118 valence electrons. The predicted octanol–water partition coefficient (Wildman–Crippen LogP) is 1.84. The second-order valence-electron chi connectivity index (χ2n) is 5.51. The van der Waals surface area contributed by atoms with Gasteiger partial charge < -0.3 is 0 Å². The number of hydrazine groups is 1. The zero-order valence-corrected chi connectivity index (χ0v) is 12.8. The van der Waals surface area contributed by atoms with Crippen LogP contribution in [0.4, 0.5) is 0 Å². The van der Waals surface area contributed by atoms with Gasteiger partial charge in [-0.2, -0.15) is 0 Å². The molecule has 1 fully saturated rings.